The fourth-order valence-corrected chi connectivity index (χ4v) is 4.73. The van der Waals surface area contributed by atoms with Crippen LogP contribution in [-0.2, 0) is 16.1 Å². The number of rotatable bonds is 3. The molecule has 3 rings (SSSR count). The summed E-state index contributed by atoms with van der Waals surface area (Å²) in [5.41, 5.74) is 0.828. The standard InChI is InChI=1S/C22H27F3N2O3/c1-20(2)16-10-12-27(19(29)30-13-15-7-5-4-6-8-15)14-21(16,3)11-9-17(20)26-18(28)22(23,24)25/h4-8,10,17H,9,11-14H2,1-3H3,(H,26,28)/t17-,21+/m0/s1. The zero-order chi connectivity index (χ0) is 22.2. The molecule has 5 nitrogen and oxygen atoms in total. The van der Waals surface area contributed by atoms with Crippen LogP contribution in [0.1, 0.15) is 39.2 Å². The van der Waals surface area contributed by atoms with E-state index in [0.717, 1.165) is 11.1 Å². The quantitative estimate of drug-likeness (QED) is 0.730. The number of ether oxygens (including phenoxy) is 1. The molecule has 0 saturated heterocycles. The van der Waals surface area contributed by atoms with Crippen molar-refractivity contribution in [3.05, 3.63) is 47.5 Å². The number of hydrogen-bond donors (Lipinski definition) is 1. The number of benzene rings is 1. The molecule has 2 atom stereocenters. The van der Waals surface area contributed by atoms with Gasteiger partial charge in [-0.1, -0.05) is 62.8 Å². The molecule has 1 fully saturated rings. The number of carbonyl (C=O) groups is 2. The lowest BCUT2D eigenvalue weighted by molar-refractivity contribution is -0.175. The van der Waals surface area contributed by atoms with E-state index in [1.165, 1.54) is 0 Å². The topological polar surface area (TPSA) is 58.6 Å². The zero-order valence-electron chi connectivity index (χ0n) is 17.4. The average Bonchev–Trinajstić information content (AvgIpc) is 2.68. The summed E-state index contributed by atoms with van der Waals surface area (Å²) in [7, 11) is 0. The molecular formula is C22H27F3N2O3. The van der Waals surface area contributed by atoms with Gasteiger partial charge in [-0.05, 0) is 18.4 Å². The van der Waals surface area contributed by atoms with Crippen LogP contribution in [0.4, 0.5) is 18.0 Å². The molecule has 2 amide bonds. The first-order valence-electron chi connectivity index (χ1n) is 9.98. The van der Waals surface area contributed by atoms with Crippen LogP contribution in [0.5, 0.6) is 0 Å². The monoisotopic (exact) mass is 424 g/mol. The molecule has 1 N–H and O–H groups in total. The molecule has 164 valence electrons. The number of carbonyl (C=O) groups excluding carboxylic acids is 2. The summed E-state index contributed by atoms with van der Waals surface area (Å²) < 4.78 is 43.6. The summed E-state index contributed by atoms with van der Waals surface area (Å²) in [6, 6.07) is 8.76. The molecule has 1 aliphatic carbocycles. The first-order chi connectivity index (χ1) is 13.9. The maximum Gasteiger partial charge on any atom is 0.471 e. The summed E-state index contributed by atoms with van der Waals surface area (Å²) in [5.74, 6) is -1.91. The molecule has 2 aliphatic rings. The predicted octanol–water partition coefficient (Wildman–Crippen LogP) is 4.44. The second kappa shape index (κ2) is 7.96. The van der Waals surface area contributed by atoms with Gasteiger partial charge < -0.3 is 15.0 Å². The van der Waals surface area contributed by atoms with Gasteiger partial charge in [-0.25, -0.2) is 4.79 Å². The normalized spacial score (nSPS) is 25.7. The van der Waals surface area contributed by atoms with Gasteiger partial charge in [-0.15, -0.1) is 0 Å². The van der Waals surface area contributed by atoms with Crippen LogP contribution < -0.4 is 5.32 Å². The van der Waals surface area contributed by atoms with E-state index in [9.17, 15) is 22.8 Å². The van der Waals surface area contributed by atoms with Crippen LogP contribution in [-0.4, -0.2) is 42.2 Å². The Kier molecular flexibility index (Phi) is 5.89. The molecule has 1 heterocycles. The van der Waals surface area contributed by atoms with Crippen LogP contribution in [0.25, 0.3) is 0 Å². The summed E-state index contributed by atoms with van der Waals surface area (Å²) >= 11 is 0. The molecule has 1 aromatic carbocycles. The van der Waals surface area contributed by atoms with Crippen molar-refractivity contribution in [2.45, 2.75) is 52.4 Å². The van der Waals surface area contributed by atoms with E-state index in [1.54, 1.807) is 4.90 Å². The largest absolute Gasteiger partial charge is 0.471 e. The lowest BCUT2D eigenvalue weighted by atomic mass is 9.57. The second-order valence-corrected chi connectivity index (χ2v) is 8.88. The van der Waals surface area contributed by atoms with Crippen molar-refractivity contribution in [3.8, 4) is 0 Å². The van der Waals surface area contributed by atoms with Gasteiger partial charge in [0.2, 0.25) is 0 Å². The molecule has 1 saturated carbocycles. The van der Waals surface area contributed by atoms with Crippen LogP contribution in [0.15, 0.2) is 42.0 Å². The number of alkyl halides is 3. The minimum Gasteiger partial charge on any atom is -0.445 e. The fourth-order valence-electron chi connectivity index (χ4n) is 4.73. The van der Waals surface area contributed by atoms with Crippen molar-refractivity contribution in [1.82, 2.24) is 10.2 Å². The summed E-state index contributed by atoms with van der Waals surface area (Å²) in [6.07, 6.45) is -2.46. The van der Waals surface area contributed by atoms with E-state index in [-0.39, 0.29) is 12.0 Å². The Morgan fingerprint density at radius 3 is 2.50 bits per heavy atom. The Morgan fingerprint density at radius 1 is 1.20 bits per heavy atom. The number of amides is 2. The van der Waals surface area contributed by atoms with Crippen molar-refractivity contribution < 1.29 is 27.5 Å². The minimum absolute atomic E-state index is 0.181. The molecular weight excluding hydrogens is 397 g/mol. The van der Waals surface area contributed by atoms with Gasteiger partial charge in [-0.3, -0.25) is 4.79 Å². The van der Waals surface area contributed by atoms with Crippen LogP contribution >= 0.6 is 0 Å². The third-order valence-corrected chi connectivity index (χ3v) is 6.28. The van der Waals surface area contributed by atoms with Crippen LogP contribution in [0, 0.1) is 10.8 Å². The number of nitrogens with one attached hydrogen (secondary N) is 1. The Bertz CT molecular complexity index is 836. The summed E-state index contributed by atoms with van der Waals surface area (Å²) in [6.45, 7) is 6.64. The highest BCUT2D eigenvalue weighted by atomic mass is 19.4. The molecule has 0 bridgehead atoms. The SMILES string of the molecule is CC1(C)C2=CCN(C(=O)OCc3ccccc3)C[C@@]2(C)CC[C@@H]1NC(=O)C(F)(F)F. The van der Waals surface area contributed by atoms with Gasteiger partial charge in [0.1, 0.15) is 6.61 Å². The first-order valence-corrected chi connectivity index (χ1v) is 9.98. The number of fused-ring (bicyclic) bond motifs is 1. The maximum atomic E-state index is 12.7. The van der Waals surface area contributed by atoms with Crippen molar-refractivity contribution in [2.75, 3.05) is 13.1 Å². The molecule has 0 unspecified atom stereocenters. The molecule has 30 heavy (non-hydrogen) atoms. The summed E-state index contributed by atoms with van der Waals surface area (Å²) in [4.78, 5) is 25.7. The van der Waals surface area contributed by atoms with Crippen LogP contribution in [0.3, 0.4) is 0 Å². The fraction of sp³-hybridized carbons (Fsp3) is 0.545. The Labute approximate surface area is 174 Å². The Morgan fingerprint density at radius 2 is 1.87 bits per heavy atom. The molecule has 8 heteroatoms. The van der Waals surface area contributed by atoms with Crippen LogP contribution in [0.2, 0.25) is 0 Å². The highest BCUT2D eigenvalue weighted by Crippen LogP contribution is 2.52. The van der Waals surface area contributed by atoms with Gasteiger partial charge in [0.25, 0.3) is 0 Å². The van der Waals surface area contributed by atoms with E-state index < -0.39 is 29.6 Å². The van der Waals surface area contributed by atoms with Gasteiger partial charge in [0.15, 0.2) is 0 Å². The van der Waals surface area contributed by atoms with Crippen molar-refractivity contribution in [3.63, 3.8) is 0 Å². The molecule has 0 aromatic heterocycles. The maximum absolute atomic E-state index is 12.7. The van der Waals surface area contributed by atoms with Gasteiger partial charge in [-0.2, -0.15) is 13.2 Å². The lowest BCUT2D eigenvalue weighted by Crippen LogP contribution is -2.58. The van der Waals surface area contributed by atoms with E-state index >= 15 is 0 Å². The second-order valence-electron chi connectivity index (χ2n) is 8.88. The van der Waals surface area contributed by atoms with Gasteiger partial charge in [0.05, 0.1) is 0 Å². The van der Waals surface area contributed by atoms with Gasteiger partial charge in [0, 0.05) is 30.0 Å². The zero-order valence-corrected chi connectivity index (χ0v) is 17.4. The number of hydrogen-bond acceptors (Lipinski definition) is 3. The third kappa shape index (κ3) is 4.47. The molecule has 0 radical (unpaired) electrons. The Hall–Kier alpha value is -2.51. The smallest absolute Gasteiger partial charge is 0.445 e. The van der Waals surface area contributed by atoms with E-state index in [2.05, 4.69) is 5.32 Å². The Balaban J connectivity index is 1.69. The summed E-state index contributed by atoms with van der Waals surface area (Å²) in [5, 5.41) is 2.16. The average molecular weight is 424 g/mol. The molecule has 1 aliphatic heterocycles. The minimum atomic E-state index is -4.91. The molecule has 1 aromatic rings. The van der Waals surface area contributed by atoms with Crippen molar-refractivity contribution in [2.24, 2.45) is 10.8 Å². The van der Waals surface area contributed by atoms with E-state index in [1.807, 2.05) is 57.2 Å². The highest BCUT2D eigenvalue weighted by Gasteiger charge is 2.51. The predicted molar refractivity (Wildman–Crippen MR) is 105 cm³/mol. The van der Waals surface area contributed by atoms with E-state index in [0.29, 0.717) is 25.9 Å². The van der Waals surface area contributed by atoms with E-state index in [4.69, 9.17) is 4.74 Å². The lowest BCUT2D eigenvalue weighted by Gasteiger charge is -2.53. The molecule has 0 spiro atoms. The van der Waals surface area contributed by atoms with Crippen molar-refractivity contribution >= 4 is 12.0 Å². The number of halogens is 3. The number of nitrogens with zero attached hydrogens (tertiary/aromatic N) is 1. The third-order valence-electron chi connectivity index (χ3n) is 6.28. The highest BCUT2D eigenvalue weighted by molar-refractivity contribution is 5.82. The first kappa shape index (κ1) is 22.2. The van der Waals surface area contributed by atoms with Gasteiger partial charge >= 0.3 is 18.2 Å². The van der Waals surface area contributed by atoms with Crippen molar-refractivity contribution in [1.29, 1.82) is 0 Å².